The molecule has 0 saturated carbocycles. The molecule has 0 bridgehead atoms. The van der Waals surface area contributed by atoms with E-state index < -0.39 is 0 Å². The quantitative estimate of drug-likeness (QED) is 0.171. The van der Waals surface area contributed by atoms with Gasteiger partial charge in [-0.2, -0.15) is 0 Å². The second-order valence-electron chi connectivity index (χ2n) is 12.7. The van der Waals surface area contributed by atoms with E-state index in [1.54, 1.807) is 0 Å². The van der Waals surface area contributed by atoms with Crippen LogP contribution in [0.25, 0.3) is 49.6 Å². The topological polar surface area (TPSA) is 50.7 Å². The van der Waals surface area contributed by atoms with E-state index in [1.165, 1.54) is 43.8 Å². The average Bonchev–Trinajstić information content (AvgIpc) is 3.11. The molecule has 0 fully saturated rings. The van der Waals surface area contributed by atoms with E-state index in [1.807, 2.05) is 42.7 Å². The van der Waals surface area contributed by atoms with Crippen LogP contribution >= 0.6 is 0 Å². The molecule has 4 nitrogen and oxygen atoms in total. The normalized spacial score (nSPS) is 11.7. The Morgan fingerprint density at radius 3 is 2.04 bits per heavy atom. The second kappa shape index (κ2) is 13.1. The summed E-state index contributed by atoms with van der Waals surface area (Å²) in [5, 5.41) is 8.65. The molecule has 3 heterocycles. The highest BCUT2D eigenvalue weighted by atomic mass is 15.1. The van der Waals surface area contributed by atoms with Crippen molar-refractivity contribution in [3.8, 4) is 22.5 Å². The molecule has 4 heteroatoms. The summed E-state index contributed by atoms with van der Waals surface area (Å²) in [5.41, 5.74) is 11.3. The number of nitrogens with zero attached hydrogens (tertiary/aromatic N) is 3. The maximum atomic E-state index is 5.02. The molecule has 0 radical (unpaired) electrons. The molecule has 0 aliphatic carbocycles. The van der Waals surface area contributed by atoms with Gasteiger partial charge in [-0.3, -0.25) is 4.98 Å². The zero-order valence-corrected chi connectivity index (χ0v) is 28.1. The Labute approximate surface area is 283 Å². The van der Waals surface area contributed by atoms with Crippen LogP contribution in [0.1, 0.15) is 55.4 Å². The summed E-state index contributed by atoms with van der Waals surface area (Å²) in [6.45, 7) is 10.9. The fourth-order valence-corrected chi connectivity index (χ4v) is 6.94. The summed E-state index contributed by atoms with van der Waals surface area (Å²) in [6, 6.07) is 42.3. The van der Waals surface area contributed by atoms with E-state index in [0.29, 0.717) is 0 Å². The third-order valence-corrected chi connectivity index (χ3v) is 9.24. The molecular weight excluding hydrogens is 585 g/mol. The monoisotopic (exact) mass is 622 g/mol. The lowest BCUT2D eigenvalue weighted by molar-refractivity contribution is 0.802. The van der Waals surface area contributed by atoms with Crippen LogP contribution in [0.4, 0.5) is 11.6 Å². The minimum absolute atomic E-state index is 0.221. The van der Waals surface area contributed by atoms with Gasteiger partial charge in [0, 0.05) is 18.0 Å². The van der Waals surface area contributed by atoms with Crippen molar-refractivity contribution in [1.82, 2.24) is 15.0 Å². The third kappa shape index (κ3) is 5.80. The van der Waals surface area contributed by atoms with Gasteiger partial charge in [0.1, 0.15) is 11.6 Å². The number of fused-ring (bicyclic) bond motifs is 2. The van der Waals surface area contributed by atoms with Gasteiger partial charge in [-0.25, -0.2) is 9.97 Å². The molecule has 0 aliphatic rings. The van der Waals surface area contributed by atoms with Gasteiger partial charge in [0.15, 0.2) is 0 Å². The molecule has 48 heavy (non-hydrogen) atoms. The molecule has 7 rings (SSSR count). The molecule has 1 unspecified atom stereocenters. The van der Waals surface area contributed by atoms with E-state index in [-0.39, 0.29) is 5.92 Å². The fraction of sp³-hybridized carbons (Fsp3) is 0.159. The van der Waals surface area contributed by atoms with Crippen molar-refractivity contribution < 1.29 is 0 Å². The highest BCUT2D eigenvalue weighted by Gasteiger charge is 2.22. The minimum atomic E-state index is 0.221. The number of aryl methyl sites for hydroxylation is 2. The SMILES string of the molecule is CC(C)=C(CC(C)c1c2ccccc2c(-c2cc#ccc2)c2ccccc12)c1cccnc1Nc1ccc(C)c(-c2ncccc2C)n1. The van der Waals surface area contributed by atoms with Crippen molar-refractivity contribution in [3.05, 3.63) is 155 Å². The minimum Gasteiger partial charge on any atom is -0.324 e. The van der Waals surface area contributed by atoms with Crippen LogP contribution in [0.2, 0.25) is 0 Å². The number of rotatable bonds is 8. The number of hydrogen-bond acceptors (Lipinski definition) is 4. The van der Waals surface area contributed by atoms with Crippen LogP contribution in [-0.4, -0.2) is 15.0 Å². The van der Waals surface area contributed by atoms with Gasteiger partial charge in [0.2, 0.25) is 0 Å². The van der Waals surface area contributed by atoms with Gasteiger partial charge >= 0.3 is 0 Å². The van der Waals surface area contributed by atoms with E-state index in [9.17, 15) is 0 Å². The Balaban J connectivity index is 1.29. The van der Waals surface area contributed by atoms with Gasteiger partial charge in [-0.15, -0.1) is 0 Å². The van der Waals surface area contributed by atoms with E-state index in [4.69, 9.17) is 9.97 Å². The molecule has 0 amide bonds. The molecule has 4 aromatic carbocycles. The Hall–Kier alpha value is -5.79. The number of nitrogens with one attached hydrogen (secondary N) is 1. The summed E-state index contributed by atoms with van der Waals surface area (Å²) >= 11 is 0. The molecule has 3 aromatic heterocycles. The Bertz CT molecular complexity index is 2240. The van der Waals surface area contributed by atoms with Crippen LogP contribution in [0.3, 0.4) is 0 Å². The van der Waals surface area contributed by atoms with Gasteiger partial charge in [0.05, 0.1) is 11.4 Å². The lowest BCUT2D eigenvalue weighted by atomic mass is 9.81. The molecule has 1 N–H and O–H groups in total. The second-order valence-corrected chi connectivity index (χ2v) is 12.7. The van der Waals surface area contributed by atoms with Gasteiger partial charge < -0.3 is 5.32 Å². The summed E-state index contributed by atoms with van der Waals surface area (Å²) in [6.07, 6.45) is 4.51. The summed E-state index contributed by atoms with van der Waals surface area (Å²) < 4.78 is 0. The highest BCUT2D eigenvalue weighted by molar-refractivity contribution is 6.15. The van der Waals surface area contributed by atoms with Crippen LogP contribution in [0.15, 0.2) is 121 Å². The molecule has 7 aromatic rings. The smallest absolute Gasteiger partial charge is 0.139 e. The summed E-state index contributed by atoms with van der Waals surface area (Å²) in [7, 11) is 0. The number of allylic oxidation sites excluding steroid dienone is 2. The predicted molar refractivity (Wildman–Crippen MR) is 200 cm³/mol. The molecule has 234 valence electrons. The molecule has 0 spiro atoms. The van der Waals surface area contributed by atoms with Gasteiger partial charge in [-0.05, 0) is 137 Å². The molecule has 0 saturated heterocycles. The number of pyridine rings is 3. The van der Waals surface area contributed by atoms with E-state index >= 15 is 0 Å². The zero-order valence-electron chi connectivity index (χ0n) is 28.1. The van der Waals surface area contributed by atoms with Crippen molar-refractivity contribution in [2.24, 2.45) is 0 Å². The molecular formula is C44H38N4. The largest absolute Gasteiger partial charge is 0.324 e. The molecule has 1 atom stereocenters. The van der Waals surface area contributed by atoms with Crippen LogP contribution in [-0.2, 0) is 0 Å². The first kappa shape index (κ1) is 30.8. The van der Waals surface area contributed by atoms with Gasteiger partial charge in [-0.1, -0.05) is 85.3 Å². The number of hydrogen-bond donors (Lipinski definition) is 1. The Kier molecular flexibility index (Phi) is 8.44. The van der Waals surface area contributed by atoms with E-state index in [2.05, 4.69) is 130 Å². The summed E-state index contributed by atoms with van der Waals surface area (Å²) in [5.74, 6) is 1.76. The summed E-state index contributed by atoms with van der Waals surface area (Å²) in [4.78, 5) is 14.5. The number of anilines is 2. The van der Waals surface area contributed by atoms with Gasteiger partial charge in [0.25, 0.3) is 0 Å². The standard InChI is InChI=1S/C44H38N4/c1-28(2)38(37-22-14-26-46-44(37)48-39-24-23-30(4)43(47-39)42-29(3)15-13-25-45-42)27-31(5)40-33-18-9-11-20-35(33)41(32-16-7-6-8-17-32)36-21-12-10-19-34(36)40/h7,9-26,31H,27H2,1-5H3,(H,46,47,48). The van der Waals surface area contributed by atoms with E-state index in [0.717, 1.165) is 51.7 Å². The molecule has 0 aliphatic heterocycles. The highest BCUT2D eigenvalue weighted by Crippen LogP contribution is 2.44. The average molecular weight is 623 g/mol. The lowest BCUT2D eigenvalue weighted by Gasteiger charge is -2.24. The third-order valence-electron chi connectivity index (χ3n) is 9.24. The van der Waals surface area contributed by atoms with Crippen molar-refractivity contribution in [2.75, 3.05) is 5.32 Å². The van der Waals surface area contributed by atoms with Crippen molar-refractivity contribution in [1.29, 1.82) is 0 Å². The Morgan fingerprint density at radius 1 is 0.708 bits per heavy atom. The first-order valence-electron chi connectivity index (χ1n) is 16.5. The number of benzene rings is 3. The van der Waals surface area contributed by atoms with Crippen molar-refractivity contribution >= 4 is 38.8 Å². The fourth-order valence-electron chi connectivity index (χ4n) is 6.94. The lowest BCUT2D eigenvalue weighted by Crippen LogP contribution is -2.05. The van der Waals surface area contributed by atoms with Crippen molar-refractivity contribution in [3.63, 3.8) is 0 Å². The maximum absolute atomic E-state index is 5.02. The Morgan fingerprint density at radius 2 is 1.38 bits per heavy atom. The first-order chi connectivity index (χ1) is 23.4. The van der Waals surface area contributed by atoms with Crippen LogP contribution in [0, 0.1) is 26.0 Å². The van der Waals surface area contributed by atoms with Crippen molar-refractivity contribution in [2.45, 2.75) is 47.0 Å². The maximum Gasteiger partial charge on any atom is 0.139 e. The zero-order chi connectivity index (χ0) is 33.2. The van der Waals surface area contributed by atoms with Crippen LogP contribution < -0.4 is 5.32 Å². The predicted octanol–water partition coefficient (Wildman–Crippen LogP) is 11.5. The van der Waals surface area contributed by atoms with Crippen LogP contribution in [0.5, 0.6) is 0 Å². The number of aromatic nitrogens is 3. The first-order valence-corrected chi connectivity index (χ1v) is 16.5.